The summed E-state index contributed by atoms with van der Waals surface area (Å²) < 4.78 is 0. The molecule has 5 unspecified atom stereocenters. The number of imidazole rings is 1. The molecule has 0 aliphatic rings. The molecule has 0 radical (unpaired) electrons. The number of aliphatic carboxylic acids is 1. The van der Waals surface area contributed by atoms with Gasteiger partial charge in [0, 0.05) is 18.3 Å². The zero-order valence-electron chi connectivity index (χ0n) is 21.3. The summed E-state index contributed by atoms with van der Waals surface area (Å²) in [5.74, 6) is -3.43. The van der Waals surface area contributed by atoms with Crippen LogP contribution >= 0.6 is 0 Å². The van der Waals surface area contributed by atoms with Crippen LogP contribution in [0, 0.1) is 0 Å². The number of aromatic nitrogens is 2. The summed E-state index contributed by atoms with van der Waals surface area (Å²) in [6, 6.07) is 4.47. The lowest BCUT2D eigenvalue weighted by Crippen LogP contribution is -2.59. The van der Waals surface area contributed by atoms with Crippen molar-refractivity contribution >= 4 is 23.7 Å². The minimum absolute atomic E-state index is 0.0410. The molecule has 10 N–H and O–H groups in total. The minimum Gasteiger partial charge on any atom is -0.480 e. The first-order chi connectivity index (χ1) is 18.1. The van der Waals surface area contributed by atoms with E-state index in [2.05, 4.69) is 25.9 Å². The van der Waals surface area contributed by atoms with E-state index < -0.39 is 54.0 Å². The summed E-state index contributed by atoms with van der Waals surface area (Å²) >= 11 is 0. The third kappa shape index (κ3) is 9.92. The van der Waals surface area contributed by atoms with Crippen molar-refractivity contribution in [3.63, 3.8) is 0 Å². The molecule has 5 atom stereocenters. The molecular weight excluding hydrogens is 494 g/mol. The van der Waals surface area contributed by atoms with E-state index >= 15 is 0 Å². The number of nitrogens with two attached hydrogens (primary N) is 2. The van der Waals surface area contributed by atoms with Crippen molar-refractivity contribution in [1.29, 1.82) is 0 Å². The number of hydrogen-bond acceptors (Lipinski definition) is 8. The first-order valence-electron chi connectivity index (χ1n) is 12.4. The number of rotatable bonds is 16. The smallest absolute Gasteiger partial charge is 0.328 e. The molecule has 0 fully saturated rings. The number of nitrogens with zero attached hydrogens (tertiary/aromatic N) is 1. The van der Waals surface area contributed by atoms with Crippen LogP contribution in [0.3, 0.4) is 0 Å². The van der Waals surface area contributed by atoms with Crippen LogP contribution in [0.1, 0.15) is 37.4 Å². The van der Waals surface area contributed by atoms with E-state index in [1.165, 1.54) is 19.4 Å². The molecule has 2 aromatic rings. The highest BCUT2D eigenvalue weighted by Gasteiger charge is 2.32. The number of hydrogen-bond donors (Lipinski definition) is 8. The summed E-state index contributed by atoms with van der Waals surface area (Å²) in [5.41, 5.74) is 13.0. The van der Waals surface area contributed by atoms with Gasteiger partial charge in [-0.25, -0.2) is 9.78 Å². The molecule has 13 heteroatoms. The topological polar surface area (TPSA) is 226 Å². The molecule has 208 valence electrons. The zero-order valence-corrected chi connectivity index (χ0v) is 21.3. The van der Waals surface area contributed by atoms with E-state index in [4.69, 9.17) is 11.5 Å². The van der Waals surface area contributed by atoms with E-state index in [0.717, 1.165) is 5.56 Å². The Morgan fingerprint density at radius 2 is 1.63 bits per heavy atom. The fourth-order valence-corrected chi connectivity index (χ4v) is 3.74. The maximum atomic E-state index is 13.3. The molecule has 1 heterocycles. The summed E-state index contributed by atoms with van der Waals surface area (Å²) in [4.78, 5) is 57.3. The van der Waals surface area contributed by atoms with E-state index in [-0.39, 0.29) is 19.3 Å². The Bertz CT molecular complexity index is 1030. The van der Waals surface area contributed by atoms with Gasteiger partial charge in [-0.1, -0.05) is 30.3 Å². The van der Waals surface area contributed by atoms with Gasteiger partial charge in [0.25, 0.3) is 0 Å². The summed E-state index contributed by atoms with van der Waals surface area (Å²) in [7, 11) is 0. The predicted molar refractivity (Wildman–Crippen MR) is 138 cm³/mol. The van der Waals surface area contributed by atoms with Gasteiger partial charge in [0.1, 0.15) is 12.1 Å². The lowest BCUT2D eigenvalue weighted by atomic mass is 10.0. The van der Waals surface area contributed by atoms with Gasteiger partial charge >= 0.3 is 5.97 Å². The number of aromatic amines is 1. The number of carbonyl (C=O) groups is 4. The highest BCUT2D eigenvalue weighted by molar-refractivity contribution is 5.94. The third-order valence-corrected chi connectivity index (χ3v) is 5.87. The Morgan fingerprint density at radius 3 is 2.21 bits per heavy atom. The number of H-pyrrole nitrogens is 1. The Labute approximate surface area is 220 Å². The standard InChI is InChI=1S/C25H37N7O6/c1-15(33)21(25(37)38)32-24(36)20(12-17-13-28-14-29-17)31-23(35)19(9-5-6-10-26)30-22(34)18(27)11-16-7-3-2-4-8-16/h2-4,7-8,13-15,18-21,33H,5-6,9-12,26-27H2,1H3,(H,28,29)(H,30,34)(H,31,35)(H,32,36)(H,37,38). The van der Waals surface area contributed by atoms with Crippen molar-refractivity contribution in [2.24, 2.45) is 11.5 Å². The largest absolute Gasteiger partial charge is 0.480 e. The molecule has 0 saturated carbocycles. The molecule has 1 aromatic carbocycles. The number of nitrogens with one attached hydrogen (secondary N) is 4. The van der Waals surface area contributed by atoms with Crippen LogP contribution in [0.25, 0.3) is 0 Å². The van der Waals surface area contributed by atoms with E-state index in [1.54, 1.807) is 0 Å². The second kappa shape index (κ2) is 15.4. The van der Waals surface area contributed by atoms with Crippen LogP contribution in [-0.2, 0) is 32.0 Å². The number of amides is 3. The molecule has 3 amide bonds. The second-order valence-corrected chi connectivity index (χ2v) is 9.05. The number of aliphatic hydroxyl groups excluding tert-OH is 1. The summed E-state index contributed by atoms with van der Waals surface area (Å²) in [6.45, 7) is 1.62. The van der Waals surface area contributed by atoms with Crippen molar-refractivity contribution in [1.82, 2.24) is 25.9 Å². The Hall–Kier alpha value is -3.81. The lowest BCUT2D eigenvalue weighted by molar-refractivity contribution is -0.145. The second-order valence-electron chi connectivity index (χ2n) is 9.05. The van der Waals surface area contributed by atoms with Crippen molar-refractivity contribution in [2.45, 2.75) is 69.3 Å². The van der Waals surface area contributed by atoms with E-state index in [1.807, 2.05) is 30.3 Å². The number of carboxylic acid groups (broad SMARTS) is 1. The van der Waals surface area contributed by atoms with Crippen molar-refractivity contribution in [3.05, 3.63) is 54.1 Å². The quantitative estimate of drug-likeness (QED) is 0.119. The van der Waals surface area contributed by atoms with Crippen molar-refractivity contribution in [2.75, 3.05) is 6.54 Å². The molecule has 2 rings (SSSR count). The Kier molecular flexibility index (Phi) is 12.4. The highest BCUT2D eigenvalue weighted by Crippen LogP contribution is 2.07. The monoisotopic (exact) mass is 531 g/mol. The van der Waals surface area contributed by atoms with E-state index in [9.17, 15) is 29.4 Å². The lowest BCUT2D eigenvalue weighted by Gasteiger charge is -2.25. The van der Waals surface area contributed by atoms with Crippen LogP contribution in [0.5, 0.6) is 0 Å². The minimum atomic E-state index is -1.58. The molecular formula is C25H37N7O6. The molecule has 0 spiro atoms. The third-order valence-electron chi connectivity index (χ3n) is 5.87. The molecule has 0 aliphatic carbocycles. The number of aliphatic hydroxyl groups is 1. The zero-order chi connectivity index (χ0) is 28.1. The molecule has 0 bridgehead atoms. The van der Waals surface area contributed by atoms with Crippen LogP contribution in [-0.4, -0.2) is 80.7 Å². The van der Waals surface area contributed by atoms with Crippen molar-refractivity contribution < 1.29 is 29.4 Å². The van der Waals surface area contributed by atoms with Gasteiger partial charge in [0.2, 0.25) is 17.7 Å². The summed E-state index contributed by atoms with van der Waals surface area (Å²) in [5, 5.41) is 26.6. The van der Waals surface area contributed by atoms with Gasteiger partial charge in [-0.3, -0.25) is 14.4 Å². The van der Waals surface area contributed by atoms with Gasteiger partial charge in [-0.2, -0.15) is 0 Å². The van der Waals surface area contributed by atoms with Crippen molar-refractivity contribution in [3.8, 4) is 0 Å². The average Bonchev–Trinajstić information content (AvgIpc) is 3.39. The first-order valence-corrected chi connectivity index (χ1v) is 12.4. The number of unbranched alkanes of at least 4 members (excludes halogenated alkanes) is 1. The maximum Gasteiger partial charge on any atom is 0.328 e. The highest BCUT2D eigenvalue weighted by atomic mass is 16.4. The van der Waals surface area contributed by atoms with Gasteiger partial charge in [0.15, 0.2) is 6.04 Å². The average molecular weight is 532 g/mol. The molecule has 13 nitrogen and oxygen atoms in total. The van der Waals surface area contributed by atoms with Gasteiger partial charge in [-0.15, -0.1) is 0 Å². The molecule has 1 aromatic heterocycles. The van der Waals surface area contributed by atoms with Gasteiger partial charge in [0.05, 0.1) is 18.5 Å². The van der Waals surface area contributed by atoms with Gasteiger partial charge < -0.3 is 42.6 Å². The number of carbonyl (C=O) groups excluding carboxylic acids is 3. The first kappa shape index (κ1) is 30.4. The predicted octanol–water partition coefficient (Wildman–Crippen LogP) is -1.43. The maximum absolute atomic E-state index is 13.3. The van der Waals surface area contributed by atoms with Crippen LogP contribution in [0.4, 0.5) is 0 Å². The molecule has 0 saturated heterocycles. The van der Waals surface area contributed by atoms with Crippen LogP contribution in [0.2, 0.25) is 0 Å². The van der Waals surface area contributed by atoms with Crippen LogP contribution in [0.15, 0.2) is 42.9 Å². The fourth-order valence-electron chi connectivity index (χ4n) is 3.74. The number of carboxylic acids is 1. The van der Waals surface area contributed by atoms with Gasteiger partial charge in [-0.05, 0) is 44.7 Å². The van der Waals surface area contributed by atoms with Crippen LogP contribution < -0.4 is 27.4 Å². The Balaban J connectivity index is 2.16. The number of benzene rings is 1. The summed E-state index contributed by atoms with van der Waals surface area (Å²) in [6.07, 6.45) is 3.09. The Morgan fingerprint density at radius 1 is 0.974 bits per heavy atom. The molecule has 0 aliphatic heterocycles. The van der Waals surface area contributed by atoms with E-state index in [0.29, 0.717) is 25.1 Å². The fraction of sp³-hybridized carbons (Fsp3) is 0.480. The molecule has 38 heavy (non-hydrogen) atoms. The normalized spacial score (nSPS) is 14.9. The SMILES string of the molecule is CC(O)C(NC(=O)C(Cc1cnc[nH]1)NC(=O)C(CCCCN)NC(=O)C(N)Cc1ccccc1)C(=O)O.